The summed E-state index contributed by atoms with van der Waals surface area (Å²) in [7, 11) is 1.79. The topological polar surface area (TPSA) is 72.1 Å². The molecule has 6 heteroatoms. The zero-order valence-electron chi connectivity index (χ0n) is 12.3. The lowest BCUT2D eigenvalue weighted by Crippen LogP contribution is -2.54. The molecule has 0 unspecified atom stereocenters. The van der Waals surface area contributed by atoms with Gasteiger partial charge in [0.05, 0.1) is 6.26 Å². The van der Waals surface area contributed by atoms with Crippen LogP contribution in [0.4, 0.5) is 10.6 Å². The number of urea groups is 1. The van der Waals surface area contributed by atoms with Gasteiger partial charge in [0.25, 0.3) is 0 Å². The quantitative estimate of drug-likeness (QED) is 0.907. The normalized spacial score (nSPS) is 16.3. The predicted octanol–water partition coefficient (Wildman–Crippen LogP) is 3.13. The fourth-order valence-electron chi connectivity index (χ4n) is 2.69. The minimum Gasteiger partial charge on any atom is -0.463 e. The van der Waals surface area contributed by atoms with Crippen molar-refractivity contribution < 1.29 is 9.21 Å². The number of carbonyl (C=O) groups excluding carboxylic acids is 1. The molecule has 6 nitrogen and oxygen atoms in total. The van der Waals surface area contributed by atoms with Gasteiger partial charge in [0.1, 0.15) is 11.5 Å². The summed E-state index contributed by atoms with van der Waals surface area (Å²) in [5.41, 5.74) is 0.679. The fraction of sp³-hybridized carbons (Fsp3) is 0.467. The summed E-state index contributed by atoms with van der Waals surface area (Å²) < 4.78 is 6.95. The first-order valence-corrected chi connectivity index (χ1v) is 7.29. The molecular formula is C15H20N4O2. The third kappa shape index (κ3) is 2.66. The van der Waals surface area contributed by atoms with E-state index < -0.39 is 0 Å². The van der Waals surface area contributed by atoms with Gasteiger partial charge in [0.2, 0.25) is 0 Å². The van der Waals surface area contributed by atoms with Crippen LogP contribution in [-0.2, 0) is 7.05 Å². The molecule has 2 N–H and O–H groups in total. The highest BCUT2D eigenvalue weighted by atomic mass is 16.3. The Morgan fingerprint density at radius 1 is 1.52 bits per heavy atom. The average Bonchev–Trinajstić information content (AvgIpc) is 3.04. The number of amides is 2. The second-order valence-electron chi connectivity index (χ2n) is 5.58. The molecule has 0 aliphatic heterocycles. The van der Waals surface area contributed by atoms with E-state index in [2.05, 4.69) is 22.7 Å². The highest BCUT2D eigenvalue weighted by molar-refractivity contribution is 5.89. The van der Waals surface area contributed by atoms with Crippen molar-refractivity contribution in [3.63, 3.8) is 0 Å². The smallest absolute Gasteiger partial charge is 0.320 e. The lowest BCUT2D eigenvalue weighted by Gasteiger charge is -2.41. The van der Waals surface area contributed by atoms with Gasteiger partial charge in [-0.2, -0.15) is 5.10 Å². The van der Waals surface area contributed by atoms with E-state index in [-0.39, 0.29) is 11.6 Å². The van der Waals surface area contributed by atoms with Crippen LogP contribution in [0.15, 0.2) is 28.9 Å². The maximum Gasteiger partial charge on any atom is 0.320 e. The summed E-state index contributed by atoms with van der Waals surface area (Å²) in [6.45, 7) is 2.11. The summed E-state index contributed by atoms with van der Waals surface area (Å²) in [6, 6.07) is 5.28. The van der Waals surface area contributed by atoms with Crippen molar-refractivity contribution in [3.8, 4) is 11.5 Å². The van der Waals surface area contributed by atoms with Crippen LogP contribution in [0.3, 0.4) is 0 Å². The van der Waals surface area contributed by atoms with Crippen LogP contribution in [-0.4, -0.2) is 21.4 Å². The number of nitrogens with zero attached hydrogens (tertiary/aromatic N) is 2. The number of hydrogen-bond acceptors (Lipinski definition) is 3. The van der Waals surface area contributed by atoms with E-state index in [1.165, 1.54) is 6.42 Å². The third-order valence-electron chi connectivity index (χ3n) is 4.26. The van der Waals surface area contributed by atoms with Crippen LogP contribution in [0.25, 0.3) is 11.5 Å². The molecule has 0 atom stereocenters. The third-order valence-corrected chi connectivity index (χ3v) is 4.26. The van der Waals surface area contributed by atoms with Crippen LogP contribution in [0.2, 0.25) is 0 Å². The van der Waals surface area contributed by atoms with Crippen LogP contribution in [0.1, 0.15) is 32.6 Å². The first kappa shape index (κ1) is 13.7. The van der Waals surface area contributed by atoms with Gasteiger partial charge in [-0.05, 0) is 37.8 Å². The summed E-state index contributed by atoms with van der Waals surface area (Å²) in [5, 5.41) is 10.3. The van der Waals surface area contributed by atoms with E-state index in [0.29, 0.717) is 17.3 Å². The summed E-state index contributed by atoms with van der Waals surface area (Å²) in [4.78, 5) is 12.1. The number of nitrogens with one attached hydrogen (secondary N) is 2. The standard InChI is InChI=1S/C15H20N4O2/c1-3-15(7-5-8-15)17-14(20)16-13-10-11(18-19(13)2)12-6-4-9-21-12/h4,6,9-10H,3,5,7-8H2,1-2H3,(H2,16,17,20). The Hall–Kier alpha value is -2.24. The molecule has 2 amide bonds. The minimum absolute atomic E-state index is 0.0213. The summed E-state index contributed by atoms with van der Waals surface area (Å²) in [6.07, 6.45) is 5.86. The minimum atomic E-state index is -0.175. The maximum absolute atomic E-state index is 12.1. The second kappa shape index (κ2) is 5.27. The van der Waals surface area contributed by atoms with Gasteiger partial charge in [-0.15, -0.1) is 0 Å². The van der Waals surface area contributed by atoms with Crippen LogP contribution in [0, 0.1) is 0 Å². The maximum atomic E-state index is 12.1. The van der Waals surface area contributed by atoms with E-state index in [9.17, 15) is 4.79 Å². The van der Waals surface area contributed by atoms with Gasteiger partial charge in [0, 0.05) is 18.7 Å². The Morgan fingerprint density at radius 3 is 2.90 bits per heavy atom. The Bertz CT molecular complexity index is 621. The molecule has 3 rings (SSSR count). The van der Waals surface area contributed by atoms with Crippen molar-refractivity contribution in [3.05, 3.63) is 24.5 Å². The van der Waals surface area contributed by atoms with E-state index in [0.717, 1.165) is 19.3 Å². The summed E-state index contributed by atoms with van der Waals surface area (Å²) in [5.74, 6) is 1.33. The highest BCUT2D eigenvalue weighted by Gasteiger charge is 2.36. The first-order chi connectivity index (χ1) is 10.1. The largest absolute Gasteiger partial charge is 0.463 e. The Balaban J connectivity index is 1.69. The molecule has 1 fully saturated rings. The number of anilines is 1. The van der Waals surface area contributed by atoms with Crippen molar-refractivity contribution in [1.29, 1.82) is 0 Å². The van der Waals surface area contributed by atoms with Crippen molar-refractivity contribution in [2.24, 2.45) is 7.05 Å². The second-order valence-corrected chi connectivity index (χ2v) is 5.58. The van der Waals surface area contributed by atoms with Crippen molar-refractivity contribution >= 4 is 11.8 Å². The van der Waals surface area contributed by atoms with Gasteiger partial charge in [-0.1, -0.05) is 6.92 Å². The molecule has 0 radical (unpaired) electrons. The fourth-order valence-corrected chi connectivity index (χ4v) is 2.69. The lowest BCUT2D eigenvalue weighted by molar-refractivity contribution is 0.179. The molecule has 2 aromatic heterocycles. The zero-order valence-corrected chi connectivity index (χ0v) is 12.3. The van der Waals surface area contributed by atoms with Gasteiger partial charge < -0.3 is 9.73 Å². The number of furan rings is 1. The molecule has 2 aromatic rings. The first-order valence-electron chi connectivity index (χ1n) is 7.29. The van der Waals surface area contributed by atoms with Gasteiger partial charge in [0.15, 0.2) is 5.76 Å². The molecule has 1 saturated carbocycles. The number of hydrogen-bond donors (Lipinski definition) is 2. The molecule has 0 aromatic carbocycles. The van der Waals surface area contributed by atoms with E-state index in [4.69, 9.17) is 4.42 Å². The predicted molar refractivity (Wildman–Crippen MR) is 79.9 cm³/mol. The Morgan fingerprint density at radius 2 is 2.33 bits per heavy atom. The van der Waals surface area contributed by atoms with Gasteiger partial charge >= 0.3 is 6.03 Å². The highest BCUT2D eigenvalue weighted by Crippen LogP contribution is 2.34. The van der Waals surface area contributed by atoms with Crippen LogP contribution < -0.4 is 10.6 Å². The average molecular weight is 288 g/mol. The van der Waals surface area contributed by atoms with E-state index in [1.807, 2.05) is 12.1 Å². The van der Waals surface area contributed by atoms with E-state index >= 15 is 0 Å². The molecule has 112 valence electrons. The monoisotopic (exact) mass is 288 g/mol. The van der Waals surface area contributed by atoms with Crippen LogP contribution >= 0.6 is 0 Å². The van der Waals surface area contributed by atoms with Crippen LogP contribution in [0.5, 0.6) is 0 Å². The zero-order chi connectivity index (χ0) is 14.9. The number of aromatic nitrogens is 2. The Labute approximate surface area is 123 Å². The lowest BCUT2D eigenvalue weighted by atomic mass is 9.75. The number of carbonyl (C=O) groups is 1. The van der Waals surface area contributed by atoms with Crippen molar-refractivity contribution in [1.82, 2.24) is 15.1 Å². The van der Waals surface area contributed by atoms with Crippen molar-refractivity contribution in [2.45, 2.75) is 38.1 Å². The van der Waals surface area contributed by atoms with E-state index in [1.54, 1.807) is 24.1 Å². The molecule has 0 saturated heterocycles. The van der Waals surface area contributed by atoms with Gasteiger partial charge in [-0.25, -0.2) is 4.79 Å². The van der Waals surface area contributed by atoms with Crippen molar-refractivity contribution in [2.75, 3.05) is 5.32 Å². The molecule has 1 aliphatic rings. The number of aryl methyl sites for hydroxylation is 1. The van der Waals surface area contributed by atoms with Gasteiger partial charge in [-0.3, -0.25) is 10.00 Å². The molecule has 21 heavy (non-hydrogen) atoms. The molecule has 0 bridgehead atoms. The number of rotatable bonds is 4. The molecule has 0 spiro atoms. The molecule has 1 aliphatic carbocycles. The molecular weight excluding hydrogens is 268 g/mol. The Kier molecular flexibility index (Phi) is 3.45. The SMILES string of the molecule is CCC1(NC(=O)Nc2cc(-c3ccco3)nn2C)CCC1. The summed E-state index contributed by atoms with van der Waals surface area (Å²) >= 11 is 0. The molecule has 2 heterocycles.